The van der Waals surface area contributed by atoms with E-state index in [-0.39, 0.29) is 6.04 Å². The number of aromatic nitrogens is 4. The number of likely N-dealkylation sites (tertiary alicyclic amines) is 2. The zero-order chi connectivity index (χ0) is 25.1. The van der Waals surface area contributed by atoms with E-state index in [0.29, 0.717) is 17.7 Å². The molecule has 6 rings (SSSR count). The van der Waals surface area contributed by atoms with Crippen LogP contribution in [-0.2, 0) is 4.79 Å². The zero-order valence-corrected chi connectivity index (χ0v) is 22.8. The molecule has 1 atom stereocenters. The first kappa shape index (κ1) is 23.7. The standard InChI is InChI=1S/C28H36N6OS/c1-16(2)22-23-18(4)25(19-8-11-33(12-9-19)28(35)21-7-6-10-32(21)5)36-27(23)31-24(22)20-13-17(3)26-29-15-30-34(26)14-20/h13-16,19,21,31H,6-12H2,1-5H3/t21-/m0/s1. The quantitative estimate of drug-likeness (QED) is 0.400. The number of H-pyrrole nitrogens is 1. The van der Waals surface area contributed by atoms with Gasteiger partial charge in [-0.25, -0.2) is 9.50 Å². The van der Waals surface area contributed by atoms with Gasteiger partial charge in [0.25, 0.3) is 0 Å². The normalized spacial score (nSPS) is 19.9. The Bertz CT molecular complexity index is 1440. The van der Waals surface area contributed by atoms with Crippen LogP contribution < -0.4 is 0 Å². The average molecular weight is 505 g/mol. The second-order valence-electron chi connectivity index (χ2n) is 11.0. The fraction of sp³-hybridized carbons (Fsp3) is 0.536. The lowest BCUT2D eigenvalue weighted by Crippen LogP contribution is -2.47. The van der Waals surface area contributed by atoms with E-state index >= 15 is 0 Å². The van der Waals surface area contributed by atoms with E-state index in [1.807, 2.05) is 15.9 Å². The Hall–Kier alpha value is -2.71. The minimum absolute atomic E-state index is 0.0931. The van der Waals surface area contributed by atoms with Gasteiger partial charge in [-0.15, -0.1) is 11.3 Å². The van der Waals surface area contributed by atoms with Crippen molar-refractivity contribution >= 4 is 33.1 Å². The highest BCUT2D eigenvalue weighted by atomic mass is 32.1. The second-order valence-corrected chi connectivity index (χ2v) is 12.1. The molecule has 0 radical (unpaired) electrons. The summed E-state index contributed by atoms with van der Waals surface area (Å²) in [7, 11) is 2.09. The summed E-state index contributed by atoms with van der Waals surface area (Å²) in [5.41, 5.74) is 7.19. The van der Waals surface area contributed by atoms with E-state index in [0.717, 1.165) is 62.1 Å². The molecule has 2 aliphatic rings. The van der Waals surface area contributed by atoms with E-state index in [2.05, 4.69) is 71.9 Å². The molecule has 1 N–H and O–H groups in total. The fourth-order valence-electron chi connectivity index (χ4n) is 6.47. The molecule has 0 aromatic carbocycles. The van der Waals surface area contributed by atoms with Crippen LogP contribution in [0.5, 0.6) is 0 Å². The third-order valence-electron chi connectivity index (χ3n) is 8.37. The Morgan fingerprint density at radius 2 is 1.94 bits per heavy atom. The van der Waals surface area contributed by atoms with Crippen molar-refractivity contribution in [2.45, 2.75) is 71.3 Å². The van der Waals surface area contributed by atoms with Crippen molar-refractivity contribution in [2.24, 2.45) is 0 Å². The van der Waals surface area contributed by atoms with Crippen LogP contribution in [0.25, 0.3) is 27.1 Å². The minimum atomic E-state index is 0.0931. The first-order valence-electron chi connectivity index (χ1n) is 13.3. The van der Waals surface area contributed by atoms with Crippen LogP contribution in [0.4, 0.5) is 0 Å². The van der Waals surface area contributed by atoms with Gasteiger partial charge in [0.2, 0.25) is 5.91 Å². The molecule has 0 aliphatic carbocycles. The lowest BCUT2D eigenvalue weighted by atomic mass is 9.90. The van der Waals surface area contributed by atoms with Crippen molar-refractivity contribution in [1.82, 2.24) is 29.4 Å². The molecule has 190 valence electrons. The number of thiophene rings is 1. The summed E-state index contributed by atoms with van der Waals surface area (Å²) in [6, 6.07) is 2.31. The van der Waals surface area contributed by atoms with Gasteiger partial charge in [-0.2, -0.15) is 5.10 Å². The molecule has 2 aliphatic heterocycles. The highest BCUT2D eigenvalue weighted by molar-refractivity contribution is 7.19. The van der Waals surface area contributed by atoms with Crippen molar-refractivity contribution in [1.29, 1.82) is 0 Å². The van der Waals surface area contributed by atoms with E-state index in [9.17, 15) is 4.79 Å². The Morgan fingerprint density at radius 1 is 1.17 bits per heavy atom. The number of rotatable bonds is 4. The summed E-state index contributed by atoms with van der Waals surface area (Å²) in [6.07, 6.45) is 7.95. The number of fused-ring (bicyclic) bond motifs is 2. The molecule has 6 heterocycles. The van der Waals surface area contributed by atoms with Crippen molar-refractivity contribution in [3.63, 3.8) is 0 Å². The van der Waals surface area contributed by atoms with E-state index in [4.69, 9.17) is 0 Å². The molecule has 7 nitrogen and oxygen atoms in total. The van der Waals surface area contributed by atoms with Gasteiger partial charge in [0.15, 0.2) is 5.65 Å². The molecule has 0 spiro atoms. The molecule has 36 heavy (non-hydrogen) atoms. The number of hydrogen-bond donors (Lipinski definition) is 1. The van der Waals surface area contributed by atoms with Crippen LogP contribution >= 0.6 is 11.3 Å². The smallest absolute Gasteiger partial charge is 0.239 e. The predicted octanol–water partition coefficient (Wildman–Crippen LogP) is 5.48. The van der Waals surface area contributed by atoms with Crippen molar-refractivity contribution in [3.8, 4) is 11.3 Å². The number of carbonyl (C=O) groups is 1. The highest BCUT2D eigenvalue weighted by Gasteiger charge is 2.34. The Morgan fingerprint density at radius 3 is 2.64 bits per heavy atom. The Labute approximate surface area is 216 Å². The molecule has 2 fully saturated rings. The maximum Gasteiger partial charge on any atom is 0.239 e. The monoisotopic (exact) mass is 504 g/mol. The summed E-state index contributed by atoms with van der Waals surface area (Å²) in [4.78, 5) is 28.4. The largest absolute Gasteiger partial charge is 0.346 e. The van der Waals surface area contributed by atoms with Gasteiger partial charge in [-0.05, 0) is 87.7 Å². The summed E-state index contributed by atoms with van der Waals surface area (Å²) in [6.45, 7) is 11.8. The van der Waals surface area contributed by atoms with Gasteiger partial charge in [0.05, 0.1) is 11.7 Å². The van der Waals surface area contributed by atoms with Crippen molar-refractivity contribution in [3.05, 3.63) is 40.2 Å². The third kappa shape index (κ3) is 3.77. The molecule has 0 saturated carbocycles. The van der Waals surface area contributed by atoms with Crippen LogP contribution in [-0.4, -0.2) is 68.0 Å². The van der Waals surface area contributed by atoms with Gasteiger partial charge >= 0.3 is 0 Å². The third-order valence-corrected chi connectivity index (χ3v) is 9.74. The van der Waals surface area contributed by atoms with Gasteiger partial charge in [-0.3, -0.25) is 9.69 Å². The van der Waals surface area contributed by atoms with E-state index < -0.39 is 0 Å². The zero-order valence-electron chi connectivity index (χ0n) is 22.0. The molecular weight excluding hydrogens is 468 g/mol. The molecule has 1 amide bonds. The average Bonchev–Trinajstić information content (AvgIpc) is 3.63. The SMILES string of the molecule is Cc1c(C2CCN(C(=O)[C@@H]3CCCN3C)CC2)sc2[nH]c(-c3cc(C)c4ncnn4c3)c(C(C)C)c12. The van der Waals surface area contributed by atoms with Crippen LogP contribution in [0.15, 0.2) is 18.6 Å². The number of carbonyl (C=O) groups excluding carboxylic acids is 1. The van der Waals surface area contributed by atoms with E-state index in [1.54, 1.807) is 6.33 Å². The summed E-state index contributed by atoms with van der Waals surface area (Å²) >= 11 is 1.92. The number of aryl methyl sites for hydroxylation is 2. The first-order chi connectivity index (χ1) is 17.3. The molecule has 8 heteroatoms. The van der Waals surface area contributed by atoms with Crippen LogP contribution in [0.1, 0.15) is 72.9 Å². The maximum absolute atomic E-state index is 13.1. The number of nitrogens with one attached hydrogen (secondary N) is 1. The highest BCUT2D eigenvalue weighted by Crippen LogP contribution is 2.46. The summed E-state index contributed by atoms with van der Waals surface area (Å²) < 4.78 is 1.88. The Balaban J connectivity index is 1.29. The maximum atomic E-state index is 13.1. The molecule has 0 bridgehead atoms. The molecule has 2 saturated heterocycles. The molecular formula is C28H36N6OS. The Kier molecular flexibility index (Phi) is 5.91. The lowest BCUT2D eigenvalue weighted by Gasteiger charge is -2.34. The van der Waals surface area contributed by atoms with Gasteiger partial charge in [0, 0.05) is 35.1 Å². The van der Waals surface area contributed by atoms with Crippen molar-refractivity contribution in [2.75, 3.05) is 26.7 Å². The summed E-state index contributed by atoms with van der Waals surface area (Å²) in [5, 5.41) is 5.78. The fourth-order valence-corrected chi connectivity index (χ4v) is 7.86. The number of amides is 1. The number of nitrogens with zero attached hydrogens (tertiary/aromatic N) is 5. The van der Waals surface area contributed by atoms with Gasteiger partial charge in [0.1, 0.15) is 11.2 Å². The molecule has 4 aromatic heterocycles. The number of piperidine rings is 1. The van der Waals surface area contributed by atoms with E-state index in [1.165, 1.54) is 31.9 Å². The molecule has 0 unspecified atom stereocenters. The van der Waals surface area contributed by atoms with Crippen LogP contribution in [0, 0.1) is 13.8 Å². The topological polar surface area (TPSA) is 69.5 Å². The van der Waals surface area contributed by atoms with Crippen LogP contribution in [0.2, 0.25) is 0 Å². The minimum Gasteiger partial charge on any atom is -0.346 e. The number of pyridine rings is 1. The number of likely N-dealkylation sites (N-methyl/N-ethyl adjacent to an activating group) is 1. The molecule has 4 aromatic rings. The van der Waals surface area contributed by atoms with Crippen LogP contribution in [0.3, 0.4) is 0 Å². The second kappa shape index (κ2) is 8.99. The predicted molar refractivity (Wildman–Crippen MR) is 146 cm³/mol. The lowest BCUT2D eigenvalue weighted by molar-refractivity contribution is -0.136. The van der Waals surface area contributed by atoms with Gasteiger partial charge < -0.3 is 9.88 Å². The number of hydrogen-bond acceptors (Lipinski definition) is 5. The van der Waals surface area contributed by atoms with Gasteiger partial charge in [-0.1, -0.05) is 13.8 Å². The summed E-state index contributed by atoms with van der Waals surface area (Å²) in [5.74, 6) is 1.26. The first-order valence-corrected chi connectivity index (χ1v) is 14.1. The van der Waals surface area contributed by atoms with Crippen molar-refractivity contribution < 1.29 is 4.79 Å². The number of aromatic amines is 1.